The van der Waals surface area contributed by atoms with Gasteiger partial charge in [-0.15, -0.1) is 0 Å². The van der Waals surface area contributed by atoms with Crippen LogP contribution in [0.2, 0.25) is 0 Å². The van der Waals surface area contributed by atoms with Crippen LogP contribution in [-0.4, -0.2) is 4.98 Å². The first kappa shape index (κ1) is 10.1. The predicted octanol–water partition coefficient (Wildman–Crippen LogP) is 3.42. The summed E-state index contributed by atoms with van der Waals surface area (Å²) in [6, 6.07) is 8.22. The second kappa shape index (κ2) is 3.58. The molecule has 0 fully saturated rings. The van der Waals surface area contributed by atoms with Crippen molar-refractivity contribution < 1.29 is 0 Å². The van der Waals surface area contributed by atoms with E-state index < -0.39 is 0 Å². The smallest absolute Gasteiger partial charge is 0.0726 e. The SMILES string of the molecule is Nc1c2c(nc3ccccc13)CC1C=CCC2C1. The molecule has 1 heterocycles. The highest BCUT2D eigenvalue weighted by Crippen LogP contribution is 2.44. The standard InChI is InChI=1S/C16H16N2/c17-16-12-6-1-2-7-13(12)18-14-9-10-4-3-5-11(8-10)15(14)16/h1-4,6-7,10-11H,5,8-9H2,(H2,17,18). The average molecular weight is 236 g/mol. The maximum Gasteiger partial charge on any atom is 0.0726 e. The van der Waals surface area contributed by atoms with Crippen LogP contribution in [0.5, 0.6) is 0 Å². The molecule has 0 spiro atoms. The molecule has 0 amide bonds. The fourth-order valence-corrected chi connectivity index (χ4v) is 3.53. The third kappa shape index (κ3) is 1.32. The maximum atomic E-state index is 6.41. The monoisotopic (exact) mass is 236 g/mol. The Morgan fingerprint density at radius 2 is 2.11 bits per heavy atom. The van der Waals surface area contributed by atoms with E-state index in [1.807, 2.05) is 12.1 Å². The molecule has 2 aliphatic rings. The maximum absolute atomic E-state index is 6.41. The minimum absolute atomic E-state index is 0.584. The number of aromatic nitrogens is 1. The summed E-state index contributed by atoms with van der Waals surface area (Å²) in [5, 5.41) is 1.12. The Morgan fingerprint density at radius 3 is 3.06 bits per heavy atom. The molecule has 2 unspecified atom stereocenters. The summed E-state index contributed by atoms with van der Waals surface area (Å²) in [5.41, 5.74) is 11.0. The van der Waals surface area contributed by atoms with Gasteiger partial charge in [-0.2, -0.15) is 0 Å². The third-order valence-electron chi connectivity index (χ3n) is 4.33. The van der Waals surface area contributed by atoms with Crippen LogP contribution in [0, 0.1) is 5.92 Å². The van der Waals surface area contributed by atoms with E-state index in [0.29, 0.717) is 11.8 Å². The van der Waals surface area contributed by atoms with E-state index in [1.165, 1.54) is 17.7 Å². The van der Waals surface area contributed by atoms with Crippen molar-refractivity contribution >= 4 is 16.6 Å². The zero-order valence-corrected chi connectivity index (χ0v) is 10.3. The van der Waals surface area contributed by atoms with Gasteiger partial charge in [0.1, 0.15) is 0 Å². The van der Waals surface area contributed by atoms with Crippen molar-refractivity contribution in [2.24, 2.45) is 5.92 Å². The van der Waals surface area contributed by atoms with Gasteiger partial charge in [-0.25, -0.2) is 0 Å². The average Bonchev–Trinajstić information content (AvgIpc) is 2.39. The molecule has 2 bridgehead atoms. The van der Waals surface area contributed by atoms with Crippen LogP contribution < -0.4 is 5.73 Å². The molecule has 2 aromatic rings. The van der Waals surface area contributed by atoms with Crippen molar-refractivity contribution in [3.8, 4) is 0 Å². The molecule has 2 aliphatic carbocycles. The fourth-order valence-electron chi connectivity index (χ4n) is 3.53. The molecule has 18 heavy (non-hydrogen) atoms. The molecule has 90 valence electrons. The van der Waals surface area contributed by atoms with E-state index in [0.717, 1.165) is 29.4 Å². The Hall–Kier alpha value is -1.83. The van der Waals surface area contributed by atoms with E-state index in [9.17, 15) is 0 Å². The van der Waals surface area contributed by atoms with Gasteiger partial charge in [-0.05, 0) is 37.2 Å². The number of rotatable bonds is 0. The van der Waals surface area contributed by atoms with E-state index in [2.05, 4.69) is 24.3 Å². The second-order valence-electron chi connectivity index (χ2n) is 5.46. The Labute approximate surface area is 107 Å². The van der Waals surface area contributed by atoms with Gasteiger partial charge < -0.3 is 5.73 Å². The quantitative estimate of drug-likeness (QED) is 0.712. The lowest BCUT2D eigenvalue weighted by atomic mass is 9.73. The minimum atomic E-state index is 0.584. The van der Waals surface area contributed by atoms with Crippen molar-refractivity contribution in [1.82, 2.24) is 4.98 Å². The largest absolute Gasteiger partial charge is 0.398 e. The second-order valence-corrected chi connectivity index (χ2v) is 5.46. The Morgan fingerprint density at radius 1 is 1.22 bits per heavy atom. The molecule has 2 heteroatoms. The molecule has 0 saturated carbocycles. The number of hydrogen-bond donors (Lipinski definition) is 1. The lowest BCUT2D eigenvalue weighted by molar-refractivity contribution is 0.444. The highest BCUT2D eigenvalue weighted by molar-refractivity contribution is 5.92. The van der Waals surface area contributed by atoms with Gasteiger partial charge in [0.2, 0.25) is 0 Å². The van der Waals surface area contributed by atoms with Gasteiger partial charge in [0.15, 0.2) is 0 Å². The van der Waals surface area contributed by atoms with Crippen molar-refractivity contribution in [1.29, 1.82) is 0 Å². The number of nitrogens with two attached hydrogens (primary N) is 1. The first-order chi connectivity index (χ1) is 8.83. The number of nitrogens with zero attached hydrogens (tertiary/aromatic N) is 1. The summed E-state index contributed by atoms with van der Waals surface area (Å²) in [6.07, 6.45) is 8.09. The molecule has 0 radical (unpaired) electrons. The van der Waals surface area contributed by atoms with Crippen LogP contribution in [0.15, 0.2) is 36.4 Å². The van der Waals surface area contributed by atoms with E-state index in [1.54, 1.807) is 0 Å². The van der Waals surface area contributed by atoms with Gasteiger partial charge in [0, 0.05) is 22.3 Å². The third-order valence-corrected chi connectivity index (χ3v) is 4.33. The Balaban J connectivity index is 2.02. The number of pyridine rings is 1. The first-order valence-corrected chi connectivity index (χ1v) is 6.66. The number of hydrogen-bond acceptors (Lipinski definition) is 2. The summed E-state index contributed by atoms with van der Waals surface area (Å²) in [5.74, 6) is 1.25. The summed E-state index contributed by atoms with van der Waals surface area (Å²) >= 11 is 0. The molecule has 2 nitrogen and oxygen atoms in total. The zero-order chi connectivity index (χ0) is 12.1. The number of allylic oxidation sites excluding steroid dienone is 2. The fraction of sp³-hybridized carbons (Fsp3) is 0.312. The minimum Gasteiger partial charge on any atom is -0.398 e. The summed E-state index contributed by atoms with van der Waals surface area (Å²) in [4.78, 5) is 4.85. The molecule has 4 rings (SSSR count). The summed E-state index contributed by atoms with van der Waals surface area (Å²) in [7, 11) is 0. The van der Waals surface area contributed by atoms with Gasteiger partial charge in [-0.3, -0.25) is 4.98 Å². The highest BCUT2D eigenvalue weighted by atomic mass is 14.7. The summed E-state index contributed by atoms with van der Waals surface area (Å²) in [6.45, 7) is 0. The van der Waals surface area contributed by atoms with Crippen molar-refractivity contribution in [2.75, 3.05) is 5.73 Å². The van der Waals surface area contributed by atoms with Crippen LogP contribution in [0.25, 0.3) is 10.9 Å². The highest BCUT2D eigenvalue weighted by Gasteiger charge is 2.30. The first-order valence-electron chi connectivity index (χ1n) is 6.66. The van der Waals surface area contributed by atoms with Crippen molar-refractivity contribution in [3.05, 3.63) is 47.7 Å². The molecule has 2 N–H and O–H groups in total. The molecule has 1 aromatic heterocycles. The molecular weight excluding hydrogens is 220 g/mol. The van der Waals surface area contributed by atoms with Crippen molar-refractivity contribution in [2.45, 2.75) is 25.2 Å². The molecule has 0 saturated heterocycles. The molecule has 0 aliphatic heterocycles. The van der Waals surface area contributed by atoms with Crippen molar-refractivity contribution in [3.63, 3.8) is 0 Å². The van der Waals surface area contributed by atoms with E-state index >= 15 is 0 Å². The van der Waals surface area contributed by atoms with Crippen LogP contribution >= 0.6 is 0 Å². The number of anilines is 1. The Bertz CT molecular complexity index is 657. The molecular formula is C16H16N2. The van der Waals surface area contributed by atoms with E-state index in [4.69, 9.17) is 10.7 Å². The van der Waals surface area contributed by atoms with Gasteiger partial charge >= 0.3 is 0 Å². The van der Waals surface area contributed by atoms with Crippen LogP contribution in [-0.2, 0) is 6.42 Å². The normalized spacial score (nSPS) is 25.1. The number of fused-ring (bicyclic) bond motifs is 5. The van der Waals surface area contributed by atoms with E-state index in [-0.39, 0.29) is 0 Å². The zero-order valence-electron chi connectivity index (χ0n) is 10.3. The predicted molar refractivity (Wildman–Crippen MR) is 74.5 cm³/mol. The topological polar surface area (TPSA) is 38.9 Å². The van der Waals surface area contributed by atoms with Gasteiger partial charge in [0.05, 0.1) is 5.52 Å². The molecule has 2 atom stereocenters. The van der Waals surface area contributed by atoms with Crippen LogP contribution in [0.4, 0.5) is 5.69 Å². The van der Waals surface area contributed by atoms with Crippen LogP contribution in [0.1, 0.15) is 30.0 Å². The lowest BCUT2D eigenvalue weighted by Gasteiger charge is -2.33. The van der Waals surface area contributed by atoms with Crippen LogP contribution in [0.3, 0.4) is 0 Å². The summed E-state index contributed by atoms with van der Waals surface area (Å²) < 4.78 is 0. The number of nitrogen functional groups attached to an aromatic ring is 1. The number of para-hydroxylation sites is 1. The lowest BCUT2D eigenvalue weighted by Crippen LogP contribution is -2.22. The van der Waals surface area contributed by atoms with Gasteiger partial charge in [0.25, 0.3) is 0 Å². The molecule has 1 aromatic carbocycles. The van der Waals surface area contributed by atoms with Gasteiger partial charge in [-0.1, -0.05) is 30.4 Å². The number of benzene rings is 1. The Kier molecular flexibility index (Phi) is 2.01.